The quantitative estimate of drug-likeness (QED) is 0.552. The van der Waals surface area contributed by atoms with Crippen molar-refractivity contribution in [1.82, 2.24) is 0 Å². The van der Waals surface area contributed by atoms with E-state index in [-0.39, 0.29) is 0 Å². The molecule has 0 saturated carbocycles. The average molecular weight is 317 g/mol. The van der Waals surface area contributed by atoms with Gasteiger partial charge >= 0.3 is 0 Å². The molecule has 23 heavy (non-hydrogen) atoms. The molecule has 0 fully saturated rings. The van der Waals surface area contributed by atoms with Crippen LogP contribution >= 0.6 is 12.2 Å². The second kappa shape index (κ2) is 5.52. The molecular weight excluding hydrogens is 302 g/mol. The first-order chi connectivity index (χ1) is 11.2. The molecule has 2 aliphatic heterocycles. The smallest absolute Gasteiger partial charge is 0.198 e. The fraction of sp³-hybridized carbons (Fsp3) is 0.0500. The maximum atomic E-state index is 5.64. The zero-order chi connectivity index (χ0) is 15.8. The van der Waals surface area contributed by atoms with E-state index in [4.69, 9.17) is 17.0 Å². The summed E-state index contributed by atoms with van der Waals surface area (Å²) >= 11 is 5.35. The first-order valence-corrected chi connectivity index (χ1v) is 7.89. The Bertz CT molecular complexity index is 892. The van der Waals surface area contributed by atoms with Crippen molar-refractivity contribution in [2.24, 2.45) is 0 Å². The molecule has 0 spiro atoms. The van der Waals surface area contributed by atoms with Crippen LogP contribution in [0.15, 0.2) is 72.5 Å². The molecule has 3 heteroatoms. The van der Waals surface area contributed by atoms with Crippen molar-refractivity contribution < 1.29 is 4.74 Å². The number of rotatable bonds is 1. The predicted molar refractivity (Wildman–Crippen MR) is 99.6 cm³/mol. The zero-order valence-corrected chi connectivity index (χ0v) is 13.5. The molecule has 0 N–H and O–H groups in total. The Morgan fingerprint density at radius 1 is 0.957 bits per heavy atom. The number of fused-ring (bicyclic) bond motifs is 2. The molecular formula is C20H15NOS. The van der Waals surface area contributed by atoms with Gasteiger partial charge in [0, 0.05) is 29.6 Å². The molecule has 0 saturated heterocycles. The Morgan fingerprint density at radius 3 is 2.65 bits per heavy atom. The average Bonchev–Trinajstić information content (AvgIpc) is 2.90. The van der Waals surface area contributed by atoms with E-state index in [2.05, 4.69) is 54.4 Å². The SMILES string of the molecule is CN1C(=CC=C2C(=S)Oc3ccccc32)C=Cc2ccccc21. The maximum absolute atomic E-state index is 5.64. The van der Waals surface area contributed by atoms with Crippen LogP contribution in [0.1, 0.15) is 11.1 Å². The second-order valence-corrected chi connectivity index (χ2v) is 5.88. The third-order valence-corrected chi connectivity index (χ3v) is 4.44. The monoisotopic (exact) mass is 317 g/mol. The molecule has 2 heterocycles. The summed E-state index contributed by atoms with van der Waals surface area (Å²) in [5.74, 6) is 0.833. The molecule has 112 valence electrons. The van der Waals surface area contributed by atoms with Gasteiger partial charge in [-0.05, 0) is 48.1 Å². The molecule has 0 bridgehead atoms. The van der Waals surface area contributed by atoms with Gasteiger partial charge in [0.25, 0.3) is 0 Å². The number of benzene rings is 2. The van der Waals surface area contributed by atoms with Crippen molar-refractivity contribution in [2.45, 2.75) is 0 Å². The number of anilines is 1. The van der Waals surface area contributed by atoms with Gasteiger partial charge in [-0.2, -0.15) is 0 Å². The van der Waals surface area contributed by atoms with Gasteiger partial charge in [0.1, 0.15) is 5.75 Å². The number of ether oxygens (including phenoxy) is 1. The summed E-state index contributed by atoms with van der Waals surface area (Å²) in [5, 5.41) is 0.533. The van der Waals surface area contributed by atoms with Gasteiger partial charge in [-0.1, -0.05) is 42.5 Å². The summed E-state index contributed by atoms with van der Waals surface area (Å²) in [7, 11) is 2.07. The van der Waals surface area contributed by atoms with Crippen LogP contribution in [0.2, 0.25) is 0 Å². The summed E-state index contributed by atoms with van der Waals surface area (Å²) in [6.45, 7) is 0. The van der Waals surface area contributed by atoms with Gasteiger partial charge in [-0.15, -0.1) is 0 Å². The first kappa shape index (κ1) is 14.0. The van der Waals surface area contributed by atoms with E-state index in [1.165, 1.54) is 11.3 Å². The molecule has 2 aromatic carbocycles. The van der Waals surface area contributed by atoms with Gasteiger partial charge in [-0.3, -0.25) is 0 Å². The number of allylic oxidation sites excluding steroid dienone is 3. The summed E-state index contributed by atoms with van der Waals surface area (Å²) in [4.78, 5) is 2.18. The highest BCUT2D eigenvalue weighted by Gasteiger charge is 2.22. The minimum absolute atomic E-state index is 0.533. The molecule has 0 unspecified atom stereocenters. The highest BCUT2D eigenvalue weighted by Crippen LogP contribution is 2.35. The lowest BCUT2D eigenvalue weighted by atomic mass is 10.0. The summed E-state index contributed by atoms with van der Waals surface area (Å²) in [6.07, 6.45) is 8.37. The third-order valence-electron chi connectivity index (χ3n) is 4.14. The van der Waals surface area contributed by atoms with E-state index in [0.29, 0.717) is 5.05 Å². The van der Waals surface area contributed by atoms with Crippen LogP contribution in [0.25, 0.3) is 11.6 Å². The Balaban J connectivity index is 1.72. The van der Waals surface area contributed by atoms with Crippen molar-refractivity contribution in [3.8, 4) is 5.75 Å². The zero-order valence-electron chi connectivity index (χ0n) is 12.7. The number of hydrogen-bond acceptors (Lipinski definition) is 3. The van der Waals surface area contributed by atoms with Gasteiger partial charge in [0.15, 0.2) is 5.05 Å². The van der Waals surface area contributed by atoms with Crippen molar-refractivity contribution in [3.05, 3.63) is 83.6 Å². The fourth-order valence-electron chi connectivity index (χ4n) is 2.90. The summed E-state index contributed by atoms with van der Waals surface area (Å²) in [6, 6.07) is 16.3. The van der Waals surface area contributed by atoms with E-state index in [9.17, 15) is 0 Å². The van der Waals surface area contributed by atoms with E-state index >= 15 is 0 Å². The minimum atomic E-state index is 0.533. The van der Waals surface area contributed by atoms with Crippen LogP contribution in [0.4, 0.5) is 5.69 Å². The Hall–Kier alpha value is -2.65. The lowest BCUT2D eigenvalue weighted by molar-refractivity contribution is 0.584. The predicted octanol–water partition coefficient (Wildman–Crippen LogP) is 4.84. The molecule has 0 atom stereocenters. The van der Waals surface area contributed by atoms with Crippen LogP contribution in [0.5, 0.6) is 5.75 Å². The number of hydrogen-bond donors (Lipinski definition) is 0. The molecule has 2 nitrogen and oxygen atoms in total. The van der Waals surface area contributed by atoms with Crippen LogP contribution in [0, 0.1) is 0 Å². The van der Waals surface area contributed by atoms with Crippen LogP contribution in [-0.2, 0) is 0 Å². The largest absolute Gasteiger partial charge is 0.445 e. The number of likely N-dealkylation sites (N-methyl/N-ethyl adjacent to an activating group) is 1. The van der Waals surface area contributed by atoms with Crippen LogP contribution in [-0.4, -0.2) is 12.1 Å². The molecule has 0 aliphatic carbocycles. The standard InChI is InChI=1S/C20H15NOS/c1-21-15(11-10-14-6-2-4-8-18(14)21)12-13-17-16-7-3-5-9-19(16)22-20(17)23/h2-13H,1H3. The Labute approximate surface area is 141 Å². The highest BCUT2D eigenvalue weighted by molar-refractivity contribution is 7.81. The lowest BCUT2D eigenvalue weighted by Gasteiger charge is -2.26. The first-order valence-electron chi connectivity index (χ1n) is 7.48. The molecule has 0 amide bonds. The molecule has 0 aromatic heterocycles. The number of thiocarbonyl (C=S) groups is 1. The highest BCUT2D eigenvalue weighted by atomic mass is 32.1. The summed E-state index contributed by atoms with van der Waals surface area (Å²) in [5.41, 5.74) is 5.56. The summed E-state index contributed by atoms with van der Waals surface area (Å²) < 4.78 is 5.64. The number of para-hydroxylation sites is 2. The second-order valence-electron chi connectivity index (χ2n) is 5.51. The van der Waals surface area contributed by atoms with E-state index in [0.717, 1.165) is 22.6 Å². The van der Waals surface area contributed by atoms with Crippen molar-refractivity contribution in [1.29, 1.82) is 0 Å². The molecule has 2 aromatic rings. The molecule has 2 aliphatic rings. The Kier molecular flexibility index (Phi) is 3.36. The number of nitrogens with zero attached hydrogens (tertiary/aromatic N) is 1. The topological polar surface area (TPSA) is 12.5 Å². The third kappa shape index (κ3) is 2.39. The van der Waals surface area contributed by atoms with Gasteiger partial charge < -0.3 is 9.64 Å². The maximum Gasteiger partial charge on any atom is 0.198 e. The van der Waals surface area contributed by atoms with Crippen molar-refractivity contribution in [3.63, 3.8) is 0 Å². The fourth-order valence-corrected chi connectivity index (χ4v) is 3.16. The molecule has 4 rings (SSSR count). The minimum Gasteiger partial charge on any atom is -0.445 e. The van der Waals surface area contributed by atoms with E-state index < -0.39 is 0 Å². The van der Waals surface area contributed by atoms with Gasteiger partial charge in [-0.25, -0.2) is 0 Å². The van der Waals surface area contributed by atoms with Crippen molar-refractivity contribution in [2.75, 3.05) is 11.9 Å². The normalized spacial score (nSPS) is 19.0. The lowest BCUT2D eigenvalue weighted by Crippen LogP contribution is -2.18. The van der Waals surface area contributed by atoms with Gasteiger partial charge in [0.2, 0.25) is 0 Å². The van der Waals surface area contributed by atoms with Crippen molar-refractivity contribution >= 4 is 34.6 Å². The Morgan fingerprint density at radius 2 is 1.74 bits per heavy atom. The van der Waals surface area contributed by atoms with Crippen LogP contribution in [0.3, 0.4) is 0 Å². The van der Waals surface area contributed by atoms with E-state index in [1.807, 2.05) is 30.3 Å². The van der Waals surface area contributed by atoms with E-state index in [1.54, 1.807) is 0 Å². The molecule has 0 radical (unpaired) electrons. The van der Waals surface area contributed by atoms with Gasteiger partial charge in [0.05, 0.1) is 0 Å². The van der Waals surface area contributed by atoms with Crippen LogP contribution < -0.4 is 9.64 Å².